The van der Waals surface area contributed by atoms with Gasteiger partial charge in [-0.05, 0) is 19.9 Å². The quantitative estimate of drug-likeness (QED) is 0.804. The van der Waals surface area contributed by atoms with Crippen LogP contribution in [0.5, 0.6) is 0 Å². The van der Waals surface area contributed by atoms with Crippen LogP contribution in [-0.2, 0) is 6.54 Å². The SMILES string of the molecule is Cc1[nH]ncc1C(C)NCc1ccoc1. The lowest BCUT2D eigenvalue weighted by Gasteiger charge is -2.11. The van der Waals surface area contributed by atoms with Gasteiger partial charge in [0.25, 0.3) is 0 Å². The third kappa shape index (κ3) is 2.27. The smallest absolute Gasteiger partial charge is 0.0947 e. The average molecular weight is 205 g/mol. The largest absolute Gasteiger partial charge is 0.472 e. The first-order chi connectivity index (χ1) is 7.27. The standard InChI is InChI=1S/C11H15N3O/c1-8(11-6-13-14-9(11)2)12-5-10-3-4-15-7-10/h3-4,6-8,12H,5H2,1-2H3,(H,13,14). The number of nitrogens with zero attached hydrogens (tertiary/aromatic N) is 1. The van der Waals surface area contributed by atoms with Gasteiger partial charge >= 0.3 is 0 Å². The van der Waals surface area contributed by atoms with E-state index in [0.717, 1.165) is 17.8 Å². The molecule has 2 aromatic rings. The molecule has 0 bridgehead atoms. The number of aromatic amines is 1. The van der Waals surface area contributed by atoms with Gasteiger partial charge in [0.05, 0.1) is 18.7 Å². The summed E-state index contributed by atoms with van der Waals surface area (Å²) in [5, 5.41) is 10.3. The van der Waals surface area contributed by atoms with E-state index in [1.165, 1.54) is 5.56 Å². The fourth-order valence-electron chi connectivity index (χ4n) is 1.57. The zero-order valence-electron chi connectivity index (χ0n) is 8.95. The van der Waals surface area contributed by atoms with Crippen LogP contribution in [0.4, 0.5) is 0 Å². The van der Waals surface area contributed by atoms with Gasteiger partial charge in [-0.15, -0.1) is 0 Å². The molecule has 0 aliphatic heterocycles. The van der Waals surface area contributed by atoms with E-state index >= 15 is 0 Å². The first-order valence-corrected chi connectivity index (χ1v) is 5.01. The number of aryl methyl sites for hydroxylation is 1. The zero-order valence-corrected chi connectivity index (χ0v) is 8.95. The molecule has 2 heterocycles. The van der Waals surface area contributed by atoms with Gasteiger partial charge in [0.15, 0.2) is 0 Å². The van der Waals surface area contributed by atoms with Crippen LogP contribution in [0.2, 0.25) is 0 Å². The molecule has 2 N–H and O–H groups in total. The normalized spacial score (nSPS) is 12.9. The molecule has 0 saturated heterocycles. The molecule has 4 heteroatoms. The Morgan fingerprint density at radius 3 is 3.07 bits per heavy atom. The van der Waals surface area contributed by atoms with E-state index < -0.39 is 0 Å². The summed E-state index contributed by atoms with van der Waals surface area (Å²) < 4.78 is 5.00. The molecule has 0 saturated carbocycles. The summed E-state index contributed by atoms with van der Waals surface area (Å²) in [4.78, 5) is 0. The van der Waals surface area contributed by atoms with Gasteiger partial charge in [-0.25, -0.2) is 0 Å². The number of nitrogens with one attached hydrogen (secondary N) is 2. The fraction of sp³-hybridized carbons (Fsp3) is 0.364. The van der Waals surface area contributed by atoms with E-state index in [1.54, 1.807) is 12.5 Å². The molecule has 0 amide bonds. The van der Waals surface area contributed by atoms with Gasteiger partial charge in [0.2, 0.25) is 0 Å². The fourth-order valence-corrected chi connectivity index (χ4v) is 1.57. The maximum atomic E-state index is 5.00. The molecule has 15 heavy (non-hydrogen) atoms. The third-order valence-corrected chi connectivity index (χ3v) is 2.53. The third-order valence-electron chi connectivity index (χ3n) is 2.53. The van der Waals surface area contributed by atoms with E-state index in [-0.39, 0.29) is 0 Å². The van der Waals surface area contributed by atoms with Crippen LogP contribution < -0.4 is 5.32 Å². The van der Waals surface area contributed by atoms with Crippen molar-refractivity contribution in [3.8, 4) is 0 Å². The molecule has 4 nitrogen and oxygen atoms in total. The molecule has 2 rings (SSSR count). The van der Waals surface area contributed by atoms with Crippen LogP contribution in [0.1, 0.15) is 29.8 Å². The summed E-state index contributed by atoms with van der Waals surface area (Å²) in [7, 11) is 0. The molecule has 0 aliphatic rings. The van der Waals surface area contributed by atoms with Crippen molar-refractivity contribution in [2.45, 2.75) is 26.4 Å². The summed E-state index contributed by atoms with van der Waals surface area (Å²) in [6.07, 6.45) is 5.30. The Bertz CT molecular complexity index is 405. The second-order valence-electron chi connectivity index (χ2n) is 3.68. The molecule has 2 aromatic heterocycles. The molecule has 80 valence electrons. The number of hydrogen-bond donors (Lipinski definition) is 2. The maximum absolute atomic E-state index is 5.00. The van der Waals surface area contributed by atoms with E-state index in [2.05, 4.69) is 22.4 Å². The second-order valence-corrected chi connectivity index (χ2v) is 3.68. The molecule has 0 radical (unpaired) electrons. The van der Waals surface area contributed by atoms with Crippen molar-refractivity contribution in [1.82, 2.24) is 15.5 Å². The van der Waals surface area contributed by atoms with Crippen LogP contribution in [0.25, 0.3) is 0 Å². The van der Waals surface area contributed by atoms with E-state index in [4.69, 9.17) is 4.42 Å². The van der Waals surface area contributed by atoms with Crippen molar-refractivity contribution in [2.75, 3.05) is 0 Å². The first-order valence-electron chi connectivity index (χ1n) is 5.01. The summed E-state index contributed by atoms with van der Waals surface area (Å²) in [6.45, 7) is 4.96. The van der Waals surface area contributed by atoms with Gasteiger partial charge in [0.1, 0.15) is 0 Å². The highest BCUT2D eigenvalue weighted by Gasteiger charge is 2.09. The van der Waals surface area contributed by atoms with Crippen LogP contribution in [0.3, 0.4) is 0 Å². The summed E-state index contributed by atoms with van der Waals surface area (Å²) in [5.74, 6) is 0. The molecule has 0 aliphatic carbocycles. The van der Waals surface area contributed by atoms with Crippen molar-refractivity contribution in [2.24, 2.45) is 0 Å². The molecule has 0 fully saturated rings. The zero-order chi connectivity index (χ0) is 10.7. The molecule has 0 spiro atoms. The lowest BCUT2D eigenvalue weighted by atomic mass is 10.1. The average Bonchev–Trinajstić information content (AvgIpc) is 2.84. The van der Waals surface area contributed by atoms with Crippen LogP contribution in [0.15, 0.2) is 29.2 Å². The van der Waals surface area contributed by atoms with Gasteiger partial charge in [-0.2, -0.15) is 5.10 Å². The Kier molecular flexibility index (Phi) is 2.87. The maximum Gasteiger partial charge on any atom is 0.0947 e. The predicted octanol–water partition coefficient (Wildman–Crippen LogP) is 2.16. The van der Waals surface area contributed by atoms with Gasteiger partial charge < -0.3 is 9.73 Å². The van der Waals surface area contributed by atoms with Crippen molar-refractivity contribution in [1.29, 1.82) is 0 Å². The Hall–Kier alpha value is -1.55. The van der Waals surface area contributed by atoms with Crippen molar-refractivity contribution < 1.29 is 4.42 Å². The minimum absolute atomic E-state index is 0.290. The van der Waals surface area contributed by atoms with Crippen LogP contribution in [-0.4, -0.2) is 10.2 Å². The van der Waals surface area contributed by atoms with Crippen LogP contribution in [0, 0.1) is 6.92 Å². The lowest BCUT2D eigenvalue weighted by Crippen LogP contribution is -2.17. The summed E-state index contributed by atoms with van der Waals surface area (Å²) in [5.41, 5.74) is 3.48. The molecule has 1 atom stereocenters. The number of H-pyrrole nitrogens is 1. The minimum Gasteiger partial charge on any atom is -0.472 e. The number of hydrogen-bond acceptors (Lipinski definition) is 3. The van der Waals surface area contributed by atoms with Gasteiger partial charge in [0, 0.05) is 29.4 Å². The highest BCUT2D eigenvalue weighted by molar-refractivity contribution is 5.18. The Labute approximate surface area is 88.7 Å². The highest BCUT2D eigenvalue weighted by atomic mass is 16.3. The summed E-state index contributed by atoms with van der Waals surface area (Å²) in [6, 6.07) is 2.25. The lowest BCUT2D eigenvalue weighted by molar-refractivity contribution is 0.546. The molecule has 0 aromatic carbocycles. The van der Waals surface area contributed by atoms with Crippen molar-refractivity contribution >= 4 is 0 Å². The number of rotatable bonds is 4. The van der Waals surface area contributed by atoms with Crippen molar-refractivity contribution in [3.05, 3.63) is 41.6 Å². The van der Waals surface area contributed by atoms with Gasteiger partial charge in [-0.1, -0.05) is 0 Å². The Balaban J connectivity index is 1.93. The first kappa shape index (κ1) is 9.98. The van der Waals surface area contributed by atoms with Crippen molar-refractivity contribution in [3.63, 3.8) is 0 Å². The second kappa shape index (κ2) is 4.31. The minimum atomic E-state index is 0.290. The molecular weight excluding hydrogens is 190 g/mol. The number of furan rings is 1. The van der Waals surface area contributed by atoms with E-state index in [1.807, 2.05) is 19.2 Å². The Morgan fingerprint density at radius 2 is 2.47 bits per heavy atom. The topological polar surface area (TPSA) is 53.9 Å². The molecule has 1 unspecified atom stereocenters. The number of aromatic nitrogens is 2. The van der Waals surface area contributed by atoms with E-state index in [9.17, 15) is 0 Å². The predicted molar refractivity (Wildman–Crippen MR) is 57.3 cm³/mol. The van der Waals surface area contributed by atoms with E-state index in [0.29, 0.717) is 6.04 Å². The Morgan fingerprint density at radius 1 is 1.60 bits per heavy atom. The van der Waals surface area contributed by atoms with Gasteiger partial charge in [-0.3, -0.25) is 5.10 Å². The monoisotopic (exact) mass is 205 g/mol. The summed E-state index contributed by atoms with van der Waals surface area (Å²) >= 11 is 0. The molecular formula is C11H15N3O. The van der Waals surface area contributed by atoms with Crippen LogP contribution >= 0.6 is 0 Å². The highest BCUT2D eigenvalue weighted by Crippen LogP contribution is 2.14.